The Morgan fingerprint density at radius 2 is 2.00 bits per heavy atom. The summed E-state index contributed by atoms with van der Waals surface area (Å²) in [6, 6.07) is 10.0. The molecule has 3 unspecified atom stereocenters. The highest BCUT2D eigenvalue weighted by Crippen LogP contribution is 2.62. The highest BCUT2D eigenvalue weighted by Gasteiger charge is 2.59. The van der Waals surface area contributed by atoms with Crippen LogP contribution in [0, 0.1) is 23.7 Å². The van der Waals surface area contributed by atoms with Crippen molar-refractivity contribution in [2.45, 2.75) is 66.0 Å². The minimum Gasteiger partial charge on any atom is -0.306 e. The number of benzene rings is 1. The van der Waals surface area contributed by atoms with E-state index in [1.54, 1.807) is 0 Å². The monoisotopic (exact) mass is 271 g/mol. The fraction of sp³-hybridized carbons (Fsp3) is 0.684. The minimum absolute atomic E-state index is 0.436. The molecule has 2 aliphatic rings. The molecule has 1 aromatic carbocycles. The third-order valence-electron chi connectivity index (χ3n) is 6.23. The van der Waals surface area contributed by atoms with Crippen LogP contribution in [0.1, 0.15) is 64.1 Å². The van der Waals surface area contributed by atoms with Crippen LogP contribution in [0.3, 0.4) is 0 Å². The van der Waals surface area contributed by atoms with Crippen molar-refractivity contribution in [3.8, 4) is 0 Å². The van der Waals surface area contributed by atoms with Crippen molar-refractivity contribution in [2.75, 3.05) is 0 Å². The van der Waals surface area contributed by atoms with Gasteiger partial charge in [-0.1, -0.05) is 50.6 Å². The van der Waals surface area contributed by atoms with E-state index in [1.807, 2.05) is 0 Å². The zero-order chi connectivity index (χ0) is 14.5. The highest BCUT2D eigenvalue weighted by atomic mass is 15.0. The molecule has 1 aromatic rings. The molecule has 4 atom stereocenters. The molecule has 20 heavy (non-hydrogen) atoms. The van der Waals surface area contributed by atoms with Crippen molar-refractivity contribution in [1.29, 1.82) is 0 Å². The van der Waals surface area contributed by atoms with Crippen molar-refractivity contribution in [2.24, 2.45) is 16.7 Å². The van der Waals surface area contributed by atoms with Crippen molar-refractivity contribution < 1.29 is 0 Å². The standard InChI is InChI=1S/C19H29N/c1-13-7-6-8-15(11-13)14(2)20-17-18(3,4)16-9-10-19(17,5)12-16/h6-8,11,14,16-17,20H,9-10,12H2,1-5H3/t14-,16?,17?,19?/m1/s1. The summed E-state index contributed by atoms with van der Waals surface area (Å²) >= 11 is 0. The molecule has 2 aliphatic carbocycles. The summed E-state index contributed by atoms with van der Waals surface area (Å²) in [7, 11) is 0. The fourth-order valence-corrected chi connectivity index (χ4v) is 5.00. The van der Waals surface area contributed by atoms with Crippen LogP contribution in [0.25, 0.3) is 0 Å². The third-order valence-corrected chi connectivity index (χ3v) is 6.23. The fourth-order valence-electron chi connectivity index (χ4n) is 5.00. The van der Waals surface area contributed by atoms with Gasteiger partial charge in [-0.2, -0.15) is 0 Å². The lowest BCUT2D eigenvalue weighted by Crippen LogP contribution is -2.50. The second kappa shape index (κ2) is 4.59. The van der Waals surface area contributed by atoms with Gasteiger partial charge in [0.1, 0.15) is 0 Å². The first-order valence-corrected chi connectivity index (χ1v) is 8.15. The van der Waals surface area contributed by atoms with E-state index in [-0.39, 0.29) is 0 Å². The van der Waals surface area contributed by atoms with E-state index in [1.165, 1.54) is 30.4 Å². The summed E-state index contributed by atoms with van der Waals surface area (Å²) in [4.78, 5) is 0. The van der Waals surface area contributed by atoms with Crippen molar-refractivity contribution >= 4 is 0 Å². The number of aryl methyl sites for hydroxylation is 1. The van der Waals surface area contributed by atoms with Gasteiger partial charge in [0.25, 0.3) is 0 Å². The maximum atomic E-state index is 3.98. The van der Waals surface area contributed by atoms with Crippen LogP contribution in [0.2, 0.25) is 0 Å². The van der Waals surface area contributed by atoms with Gasteiger partial charge in [0, 0.05) is 12.1 Å². The van der Waals surface area contributed by atoms with Gasteiger partial charge < -0.3 is 5.32 Å². The molecule has 110 valence electrons. The van der Waals surface area contributed by atoms with Gasteiger partial charge in [0.05, 0.1) is 0 Å². The third kappa shape index (κ3) is 2.11. The van der Waals surface area contributed by atoms with Crippen LogP contribution in [0.4, 0.5) is 0 Å². The van der Waals surface area contributed by atoms with Gasteiger partial charge >= 0.3 is 0 Å². The molecule has 0 heterocycles. The SMILES string of the molecule is Cc1cccc([C@@H](C)NC2C3(C)CCC(C3)C2(C)C)c1. The number of nitrogens with one attached hydrogen (secondary N) is 1. The minimum atomic E-state index is 0.436. The molecule has 1 nitrogen and oxygen atoms in total. The normalized spacial score (nSPS) is 36.2. The molecule has 3 rings (SSSR count). The van der Waals surface area contributed by atoms with Crippen LogP contribution in [-0.4, -0.2) is 6.04 Å². The van der Waals surface area contributed by atoms with Crippen molar-refractivity contribution in [1.82, 2.24) is 5.32 Å². The van der Waals surface area contributed by atoms with E-state index in [4.69, 9.17) is 0 Å². The van der Waals surface area contributed by atoms with Crippen molar-refractivity contribution in [3.63, 3.8) is 0 Å². The van der Waals surface area contributed by atoms with E-state index in [9.17, 15) is 0 Å². The maximum Gasteiger partial charge on any atom is 0.0294 e. The molecular formula is C19H29N. The molecule has 0 aliphatic heterocycles. The molecule has 1 N–H and O–H groups in total. The van der Waals surface area contributed by atoms with E-state index in [0.29, 0.717) is 22.9 Å². The van der Waals surface area contributed by atoms with Gasteiger partial charge in [-0.3, -0.25) is 0 Å². The largest absolute Gasteiger partial charge is 0.306 e. The topological polar surface area (TPSA) is 12.0 Å². The Hall–Kier alpha value is -0.820. The van der Waals surface area contributed by atoms with Gasteiger partial charge in [-0.25, -0.2) is 0 Å². The summed E-state index contributed by atoms with van der Waals surface area (Å²) in [5.41, 5.74) is 3.72. The molecular weight excluding hydrogens is 242 g/mol. The van der Waals surface area contributed by atoms with Gasteiger partial charge in [0.15, 0.2) is 0 Å². The van der Waals surface area contributed by atoms with Gasteiger partial charge in [-0.05, 0) is 55.4 Å². The van der Waals surface area contributed by atoms with Crippen LogP contribution < -0.4 is 5.32 Å². The molecule has 0 saturated heterocycles. The molecule has 2 bridgehead atoms. The Morgan fingerprint density at radius 1 is 1.25 bits per heavy atom. The summed E-state index contributed by atoms with van der Waals surface area (Å²) in [5.74, 6) is 0.912. The smallest absolute Gasteiger partial charge is 0.0294 e. The molecule has 0 spiro atoms. The Kier molecular flexibility index (Phi) is 3.25. The number of fused-ring (bicyclic) bond motifs is 2. The predicted molar refractivity (Wildman–Crippen MR) is 85.7 cm³/mol. The zero-order valence-electron chi connectivity index (χ0n) is 13.7. The second-order valence-corrected chi connectivity index (χ2v) is 8.15. The highest BCUT2D eigenvalue weighted by molar-refractivity contribution is 5.25. The molecule has 2 fully saturated rings. The molecule has 2 saturated carbocycles. The van der Waals surface area contributed by atoms with Crippen LogP contribution in [0.5, 0.6) is 0 Å². The summed E-state index contributed by atoms with van der Waals surface area (Å²) in [6.07, 6.45) is 4.25. The Balaban J connectivity index is 1.80. The maximum absolute atomic E-state index is 3.98. The molecule has 0 radical (unpaired) electrons. The Labute approximate surface area is 124 Å². The van der Waals surface area contributed by atoms with E-state index >= 15 is 0 Å². The second-order valence-electron chi connectivity index (χ2n) is 8.15. The first-order valence-electron chi connectivity index (χ1n) is 8.15. The quantitative estimate of drug-likeness (QED) is 0.827. The van der Waals surface area contributed by atoms with E-state index < -0.39 is 0 Å². The summed E-state index contributed by atoms with van der Waals surface area (Å²) in [6.45, 7) is 12.0. The van der Waals surface area contributed by atoms with Crippen LogP contribution >= 0.6 is 0 Å². The number of rotatable bonds is 3. The predicted octanol–water partition coefficient (Wildman–Crippen LogP) is 4.86. The molecule has 0 aromatic heterocycles. The number of hydrogen-bond acceptors (Lipinski definition) is 1. The first kappa shape index (κ1) is 14.1. The lowest BCUT2D eigenvalue weighted by atomic mass is 9.68. The van der Waals surface area contributed by atoms with E-state index in [2.05, 4.69) is 64.2 Å². The van der Waals surface area contributed by atoms with Crippen LogP contribution in [0.15, 0.2) is 24.3 Å². The molecule has 0 amide bonds. The summed E-state index contributed by atoms with van der Waals surface area (Å²) < 4.78 is 0. The zero-order valence-corrected chi connectivity index (χ0v) is 13.7. The molecule has 1 heteroatoms. The summed E-state index contributed by atoms with van der Waals surface area (Å²) in [5, 5.41) is 3.98. The first-order chi connectivity index (χ1) is 9.33. The van der Waals surface area contributed by atoms with Gasteiger partial charge in [0.2, 0.25) is 0 Å². The lowest BCUT2D eigenvalue weighted by molar-refractivity contribution is 0.100. The number of hydrogen-bond donors (Lipinski definition) is 1. The van der Waals surface area contributed by atoms with Gasteiger partial charge in [-0.15, -0.1) is 0 Å². The Morgan fingerprint density at radius 3 is 2.60 bits per heavy atom. The Bertz CT molecular complexity index is 499. The van der Waals surface area contributed by atoms with Crippen molar-refractivity contribution in [3.05, 3.63) is 35.4 Å². The average molecular weight is 271 g/mol. The van der Waals surface area contributed by atoms with Crippen LogP contribution in [-0.2, 0) is 0 Å². The average Bonchev–Trinajstić information content (AvgIpc) is 2.85. The van der Waals surface area contributed by atoms with E-state index in [0.717, 1.165) is 5.92 Å². The lowest BCUT2D eigenvalue weighted by Gasteiger charge is -2.44.